The van der Waals surface area contributed by atoms with E-state index < -0.39 is 10.0 Å². The van der Waals surface area contributed by atoms with Crippen molar-refractivity contribution in [2.75, 3.05) is 13.2 Å². The van der Waals surface area contributed by atoms with Gasteiger partial charge in [0.15, 0.2) is 0 Å². The Labute approximate surface area is 107 Å². The quantitative estimate of drug-likeness (QED) is 0.852. The minimum Gasteiger partial charge on any atom is -0.395 e. The molecule has 0 aromatic carbocycles. The molecule has 0 amide bonds. The molecule has 1 saturated heterocycles. The van der Waals surface area contributed by atoms with E-state index in [2.05, 4.69) is 5.10 Å². The van der Waals surface area contributed by atoms with E-state index >= 15 is 0 Å². The lowest BCUT2D eigenvalue weighted by Gasteiger charge is -2.22. The third kappa shape index (κ3) is 1.96. The van der Waals surface area contributed by atoms with Gasteiger partial charge in [0.05, 0.1) is 18.0 Å². The summed E-state index contributed by atoms with van der Waals surface area (Å²) in [4.78, 5) is 0.283. The summed E-state index contributed by atoms with van der Waals surface area (Å²) in [5.74, 6) is 0. The van der Waals surface area contributed by atoms with Crippen molar-refractivity contribution >= 4 is 10.0 Å². The molecule has 1 atom stereocenters. The highest BCUT2D eigenvalue weighted by Gasteiger charge is 2.37. The predicted molar refractivity (Wildman–Crippen MR) is 66.7 cm³/mol. The van der Waals surface area contributed by atoms with E-state index in [4.69, 9.17) is 0 Å². The van der Waals surface area contributed by atoms with Gasteiger partial charge in [-0.1, -0.05) is 0 Å². The molecule has 0 radical (unpaired) electrons. The Hall–Kier alpha value is -0.920. The number of aryl methyl sites for hydroxylation is 2. The summed E-state index contributed by atoms with van der Waals surface area (Å²) < 4.78 is 28.2. The van der Waals surface area contributed by atoms with Crippen LogP contribution in [0.1, 0.15) is 24.2 Å². The smallest absolute Gasteiger partial charge is 0.247 e. The van der Waals surface area contributed by atoms with Crippen molar-refractivity contribution < 1.29 is 13.5 Å². The van der Waals surface area contributed by atoms with Gasteiger partial charge in [-0.3, -0.25) is 4.68 Å². The highest BCUT2D eigenvalue weighted by molar-refractivity contribution is 7.89. The molecule has 1 aliphatic heterocycles. The van der Waals surface area contributed by atoms with Gasteiger partial charge in [0.2, 0.25) is 10.0 Å². The number of hydrogen-bond acceptors (Lipinski definition) is 4. The van der Waals surface area contributed by atoms with Crippen molar-refractivity contribution in [1.82, 2.24) is 14.1 Å². The standard InChI is InChI=1S/C11H19N3O3S/c1-8-11(9(2)13(3)12-8)18(16,17)14-6-4-5-10(14)7-15/h10,15H,4-7H2,1-3H3/t10-/m0/s1. The van der Waals surface area contributed by atoms with Crippen LogP contribution in [0.15, 0.2) is 4.90 Å². The minimum absolute atomic E-state index is 0.127. The summed E-state index contributed by atoms with van der Waals surface area (Å²) in [6.07, 6.45) is 1.51. The van der Waals surface area contributed by atoms with Crippen molar-refractivity contribution in [3.63, 3.8) is 0 Å². The highest BCUT2D eigenvalue weighted by atomic mass is 32.2. The Morgan fingerprint density at radius 2 is 2.11 bits per heavy atom. The molecule has 6 nitrogen and oxygen atoms in total. The van der Waals surface area contributed by atoms with Crippen LogP contribution in [-0.2, 0) is 17.1 Å². The van der Waals surface area contributed by atoms with E-state index in [1.54, 1.807) is 25.6 Å². The van der Waals surface area contributed by atoms with E-state index in [-0.39, 0.29) is 17.5 Å². The number of aliphatic hydroxyl groups excluding tert-OH is 1. The van der Waals surface area contributed by atoms with E-state index in [0.717, 1.165) is 6.42 Å². The lowest BCUT2D eigenvalue weighted by Crippen LogP contribution is -2.38. The van der Waals surface area contributed by atoms with Gasteiger partial charge in [0.25, 0.3) is 0 Å². The zero-order valence-electron chi connectivity index (χ0n) is 10.9. The number of hydrogen-bond donors (Lipinski definition) is 1. The Kier molecular flexibility index (Phi) is 3.48. The van der Waals surface area contributed by atoms with Crippen molar-refractivity contribution in [3.05, 3.63) is 11.4 Å². The Morgan fingerprint density at radius 1 is 1.44 bits per heavy atom. The van der Waals surface area contributed by atoms with Crippen LogP contribution >= 0.6 is 0 Å². The normalized spacial score (nSPS) is 21.7. The molecule has 1 aromatic heterocycles. The second-order valence-corrected chi connectivity index (χ2v) is 6.55. The zero-order chi connectivity index (χ0) is 13.5. The molecule has 18 heavy (non-hydrogen) atoms. The summed E-state index contributed by atoms with van der Waals surface area (Å²) in [5, 5.41) is 13.4. The molecular weight excluding hydrogens is 254 g/mol. The van der Waals surface area contributed by atoms with Crippen LogP contribution in [0.25, 0.3) is 0 Å². The van der Waals surface area contributed by atoms with Gasteiger partial charge in [-0.15, -0.1) is 0 Å². The van der Waals surface area contributed by atoms with Gasteiger partial charge in [-0.2, -0.15) is 9.40 Å². The summed E-state index contributed by atoms with van der Waals surface area (Å²) in [5.41, 5.74) is 1.15. The molecular formula is C11H19N3O3S. The Bertz CT molecular complexity index is 550. The average Bonchev–Trinajstić information content (AvgIpc) is 2.85. The lowest BCUT2D eigenvalue weighted by molar-refractivity contribution is 0.213. The Morgan fingerprint density at radius 3 is 2.61 bits per heavy atom. The van der Waals surface area contributed by atoms with Gasteiger partial charge >= 0.3 is 0 Å². The van der Waals surface area contributed by atoms with E-state index in [1.807, 2.05) is 0 Å². The lowest BCUT2D eigenvalue weighted by atomic mass is 10.2. The molecule has 0 bridgehead atoms. The minimum atomic E-state index is -3.55. The Balaban J connectivity index is 2.48. The molecule has 2 rings (SSSR count). The zero-order valence-corrected chi connectivity index (χ0v) is 11.7. The number of aromatic nitrogens is 2. The monoisotopic (exact) mass is 273 g/mol. The second-order valence-electron chi connectivity index (χ2n) is 4.72. The maximum Gasteiger partial charge on any atom is 0.247 e. The molecule has 0 unspecified atom stereocenters. The summed E-state index contributed by atoms with van der Waals surface area (Å²) in [6.45, 7) is 3.79. The van der Waals surface area contributed by atoms with Crippen LogP contribution in [0.2, 0.25) is 0 Å². The molecule has 2 heterocycles. The molecule has 1 fully saturated rings. The maximum absolute atomic E-state index is 12.6. The molecule has 7 heteroatoms. The first kappa shape index (κ1) is 13.5. The molecule has 1 aliphatic rings. The largest absolute Gasteiger partial charge is 0.395 e. The van der Waals surface area contributed by atoms with E-state index in [9.17, 15) is 13.5 Å². The van der Waals surface area contributed by atoms with Crippen LogP contribution in [0.4, 0.5) is 0 Å². The summed E-state index contributed by atoms with van der Waals surface area (Å²) in [6, 6.07) is -0.297. The summed E-state index contributed by atoms with van der Waals surface area (Å²) in [7, 11) is -1.82. The number of rotatable bonds is 3. The fourth-order valence-corrected chi connectivity index (χ4v) is 4.64. The fraction of sp³-hybridized carbons (Fsp3) is 0.727. The average molecular weight is 273 g/mol. The highest BCUT2D eigenvalue weighted by Crippen LogP contribution is 2.29. The van der Waals surface area contributed by atoms with Crippen LogP contribution < -0.4 is 0 Å². The molecule has 0 aliphatic carbocycles. The molecule has 102 valence electrons. The summed E-state index contributed by atoms with van der Waals surface area (Å²) >= 11 is 0. The maximum atomic E-state index is 12.6. The van der Waals surface area contributed by atoms with Crippen molar-refractivity contribution in [3.8, 4) is 0 Å². The topological polar surface area (TPSA) is 75.4 Å². The SMILES string of the molecule is Cc1nn(C)c(C)c1S(=O)(=O)N1CCC[C@H]1CO. The number of nitrogens with zero attached hydrogens (tertiary/aromatic N) is 3. The van der Waals surface area contributed by atoms with Crippen molar-refractivity contribution in [1.29, 1.82) is 0 Å². The number of aliphatic hydroxyl groups is 1. The van der Waals surface area contributed by atoms with Gasteiger partial charge in [-0.05, 0) is 26.7 Å². The molecule has 1 N–H and O–H groups in total. The van der Waals surface area contributed by atoms with Gasteiger partial charge in [0.1, 0.15) is 4.90 Å². The van der Waals surface area contributed by atoms with Crippen LogP contribution in [0.5, 0.6) is 0 Å². The first-order valence-electron chi connectivity index (χ1n) is 6.02. The van der Waals surface area contributed by atoms with Gasteiger partial charge in [-0.25, -0.2) is 8.42 Å². The molecule has 0 saturated carbocycles. The van der Waals surface area contributed by atoms with Crippen LogP contribution in [0.3, 0.4) is 0 Å². The first-order valence-corrected chi connectivity index (χ1v) is 7.46. The molecule has 1 aromatic rings. The predicted octanol–water partition coefficient (Wildman–Crippen LogP) is 0.182. The van der Waals surface area contributed by atoms with Crippen molar-refractivity contribution in [2.24, 2.45) is 7.05 Å². The third-order valence-corrected chi connectivity index (χ3v) is 5.75. The molecule has 0 spiro atoms. The van der Waals surface area contributed by atoms with E-state index in [1.165, 1.54) is 4.31 Å². The van der Waals surface area contributed by atoms with Crippen LogP contribution in [-0.4, -0.2) is 46.8 Å². The van der Waals surface area contributed by atoms with Gasteiger partial charge < -0.3 is 5.11 Å². The van der Waals surface area contributed by atoms with E-state index in [0.29, 0.717) is 24.4 Å². The van der Waals surface area contributed by atoms with Gasteiger partial charge in [0, 0.05) is 19.6 Å². The fourth-order valence-electron chi connectivity index (χ4n) is 2.55. The first-order chi connectivity index (χ1) is 8.39. The van der Waals surface area contributed by atoms with Crippen molar-refractivity contribution in [2.45, 2.75) is 37.6 Å². The number of sulfonamides is 1. The third-order valence-electron chi connectivity index (χ3n) is 3.54. The van der Waals surface area contributed by atoms with Crippen LogP contribution in [0, 0.1) is 13.8 Å². The second kappa shape index (κ2) is 4.64.